The lowest BCUT2D eigenvalue weighted by Crippen LogP contribution is -2.30. The normalized spacial score (nSPS) is 14.4. The number of nitrogens with one attached hydrogen (secondary N) is 1. The highest BCUT2D eigenvalue weighted by Crippen LogP contribution is 2.21. The van der Waals surface area contributed by atoms with Gasteiger partial charge >= 0.3 is 0 Å². The van der Waals surface area contributed by atoms with Gasteiger partial charge in [-0.15, -0.1) is 0 Å². The summed E-state index contributed by atoms with van der Waals surface area (Å²) in [6, 6.07) is 0.320. The van der Waals surface area contributed by atoms with Gasteiger partial charge in [-0.05, 0) is 13.5 Å². The number of aromatic nitrogens is 4. The van der Waals surface area contributed by atoms with Crippen molar-refractivity contribution in [1.82, 2.24) is 25.4 Å². The summed E-state index contributed by atoms with van der Waals surface area (Å²) in [5.41, 5.74) is 0.622. The number of hydrogen-bond acceptors (Lipinski definition) is 6. The summed E-state index contributed by atoms with van der Waals surface area (Å²) < 4.78 is 5.30. The number of rotatable bonds is 5. The number of likely N-dealkylation sites (N-methyl/N-ethyl adjacent to an activating group) is 1. The zero-order valence-corrected chi connectivity index (χ0v) is 10.8. The molecule has 2 aromatic rings. The first-order valence-corrected chi connectivity index (χ1v) is 6.03. The van der Waals surface area contributed by atoms with Crippen LogP contribution in [0.5, 0.6) is 0 Å². The van der Waals surface area contributed by atoms with Crippen molar-refractivity contribution in [1.29, 1.82) is 0 Å². The average Bonchev–Trinajstić information content (AvgIpc) is 2.90. The molecule has 0 saturated heterocycles. The van der Waals surface area contributed by atoms with Crippen LogP contribution in [0.25, 0.3) is 11.5 Å². The summed E-state index contributed by atoms with van der Waals surface area (Å²) in [4.78, 5) is 12.5. The van der Waals surface area contributed by atoms with Crippen molar-refractivity contribution >= 4 is 0 Å². The highest BCUT2D eigenvalue weighted by molar-refractivity contribution is 5.45. The average molecular weight is 247 g/mol. The molecule has 0 aliphatic heterocycles. The van der Waals surface area contributed by atoms with E-state index in [0.29, 0.717) is 23.5 Å². The highest BCUT2D eigenvalue weighted by atomic mass is 16.5. The Kier molecular flexibility index (Phi) is 3.99. The lowest BCUT2D eigenvalue weighted by molar-refractivity contribution is 0.326. The highest BCUT2D eigenvalue weighted by Gasteiger charge is 2.22. The molecule has 2 rings (SSSR count). The maximum absolute atomic E-state index is 5.30. The molecule has 2 heterocycles. The van der Waals surface area contributed by atoms with E-state index in [1.807, 2.05) is 7.05 Å². The Morgan fingerprint density at radius 1 is 1.39 bits per heavy atom. The second-order valence-corrected chi connectivity index (χ2v) is 4.14. The van der Waals surface area contributed by atoms with Gasteiger partial charge in [0.15, 0.2) is 0 Å². The molecule has 0 spiro atoms. The molecule has 6 heteroatoms. The Hall–Kier alpha value is -1.82. The maximum Gasteiger partial charge on any atom is 0.231 e. The minimum Gasteiger partial charge on any atom is -0.339 e. The molecule has 0 aromatic carbocycles. The molecular weight excluding hydrogens is 230 g/mol. The summed E-state index contributed by atoms with van der Waals surface area (Å²) in [6.45, 7) is 4.19. The van der Waals surface area contributed by atoms with Crippen LogP contribution in [0.3, 0.4) is 0 Å². The summed E-state index contributed by atoms with van der Waals surface area (Å²) >= 11 is 0. The van der Waals surface area contributed by atoms with Crippen LogP contribution in [0, 0.1) is 0 Å². The minimum absolute atomic E-state index is 0.165. The van der Waals surface area contributed by atoms with Crippen LogP contribution in [0.2, 0.25) is 0 Å². The van der Waals surface area contributed by atoms with Gasteiger partial charge in [-0.2, -0.15) is 4.98 Å². The predicted octanol–water partition coefficient (Wildman–Crippen LogP) is 1.63. The molecule has 2 atom stereocenters. The Balaban J connectivity index is 2.20. The lowest BCUT2D eigenvalue weighted by atomic mass is 10.00. The van der Waals surface area contributed by atoms with Gasteiger partial charge in [0.25, 0.3) is 0 Å². The molecule has 0 aliphatic rings. The number of nitrogens with zero attached hydrogens (tertiary/aromatic N) is 4. The molecule has 2 aromatic heterocycles. The van der Waals surface area contributed by atoms with Gasteiger partial charge in [0, 0.05) is 18.4 Å². The quantitative estimate of drug-likeness (QED) is 0.865. The molecule has 18 heavy (non-hydrogen) atoms. The minimum atomic E-state index is 0.165. The van der Waals surface area contributed by atoms with Crippen LogP contribution in [0.15, 0.2) is 23.1 Å². The van der Waals surface area contributed by atoms with Crippen LogP contribution < -0.4 is 5.32 Å². The van der Waals surface area contributed by atoms with E-state index in [0.717, 1.165) is 6.42 Å². The Labute approximate surface area is 106 Å². The number of hydrogen-bond donors (Lipinski definition) is 1. The molecule has 0 aliphatic carbocycles. The monoisotopic (exact) mass is 247 g/mol. The molecule has 6 nitrogen and oxygen atoms in total. The molecule has 0 bridgehead atoms. The first-order valence-electron chi connectivity index (χ1n) is 6.03. The first kappa shape index (κ1) is 12.6. The van der Waals surface area contributed by atoms with Crippen molar-refractivity contribution in [3.05, 3.63) is 24.5 Å². The third-order valence-corrected chi connectivity index (χ3v) is 3.04. The van der Waals surface area contributed by atoms with Crippen molar-refractivity contribution in [3.63, 3.8) is 0 Å². The van der Waals surface area contributed by atoms with Gasteiger partial charge in [-0.25, -0.2) is 4.98 Å². The van der Waals surface area contributed by atoms with E-state index < -0.39 is 0 Å². The van der Waals surface area contributed by atoms with Crippen LogP contribution >= 0.6 is 0 Å². The lowest BCUT2D eigenvalue weighted by Gasteiger charge is -2.18. The molecule has 1 N–H and O–H groups in total. The third kappa shape index (κ3) is 2.53. The van der Waals surface area contributed by atoms with Gasteiger partial charge in [-0.1, -0.05) is 19.0 Å². The molecular formula is C12H17N5O. The van der Waals surface area contributed by atoms with Crippen LogP contribution in [0.4, 0.5) is 0 Å². The van der Waals surface area contributed by atoms with E-state index in [-0.39, 0.29) is 5.92 Å². The van der Waals surface area contributed by atoms with Crippen molar-refractivity contribution in [2.45, 2.75) is 32.2 Å². The smallest absolute Gasteiger partial charge is 0.231 e. The van der Waals surface area contributed by atoms with Crippen molar-refractivity contribution < 1.29 is 4.52 Å². The van der Waals surface area contributed by atoms with Gasteiger partial charge < -0.3 is 9.84 Å². The fourth-order valence-corrected chi connectivity index (χ4v) is 1.92. The molecule has 2 unspecified atom stereocenters. The Morgan fingerprint density at radius 2 is 2.22 bits per heavy atom. The summed E-state index contributed by atoms with van der Waals surface area (Å²) in [5, 5.41) is 7.19. The van der Waals surface area contributed by atoms with Crippen LogP contribution in [0.1, 0.15) is 32.1 Å². The van der Waals surface area contributed by atoms with Crippen LogP contribution in [-0.2, 0) is 0 Å². The molecule has 0 radical (unpaired) electrons. The fourth-order valence-electron chi connectivity index (χ4n) is 1.92. The van der Waals surface area contributed by atoms with E-state index in [4.69, 9.17) is 4.52 Å². The standard InChI is InChI=1S/C12H17N5O/c1-4-9(13-3)8(2)12-16-11(17-18-12)10-7-14-5-6-15-10/h5-9,13H,4H2,1-3H3. The zero-order valence-electron chi connectivity index (χ0n) is 10.8. The summed E-state index contributed by atoms with van der Waals surface area (Å²) in [7, 11) is 1.94. The van der Waals surface area contributed by atoms with Crippen molar-refractivity contribution in [2.75, 3.05) is 7.05 Å². The zero-order chi connectivity index (χ0) is 13.0. The van der Waals surface area contributed by atoms with Gasteiger partial charge in [0.1, 0.15) is 5.69 Å². The first-order chi connectivity index (χ1) is 8.76. The van der Waals surface area contributed by atoms with Gasteiger partial charge in [0.05, 0.1) is 12.1 Å². The van der Waals surface area contributed by atoms with E-state index in [1.54, 1.807) is 18.6 Å². The largest absolute Gasteiger partial charge is 0.339 e. The van der Waals surface area contributed by atoms with Gasteiger partial charge in [0.2, 0.25) is 11.7 Å². The SMILES string of the molecule is CCC(NC)C(C)c1nc(-c2cnccn2)no1. The predicted molar refractivity (Wildman–Crippen MR) is 66.9 cm³/mol. The Bertz CT molecular complexity index is 480. The van der Waals surface area contributed by atoms with E-state index in [1.165, 1.54) is 0 Å². The van der Waals surface area contributed by atoms with Crippen LogP contribution in [-0.4, -0.2) is 33.2 Å². The summed E-state index contributed by atoms with van der Waals surface area (Å²) in [5.74, 6) is 1.27. The van der Waals surface area contributed by atoms with Gasteiger partial charge in [-0.3, -0.25) is 4.98 Å². The molecule has 96 valence electrons. The molecule has 0 fully saturated rings. The van der Waals surface area contributed by atoms with E-state index in [2.05, 4.69) is 39.3 Å². The topological polar surface area (TPSA) is 76.7 Å². The van der Waals surface area contributed by atoms with E-state index in [9.17, 15) is 0 Å². The molecule has 0 amide bonds. The second-order valence-electron chi connectivity index (χ2n) is 4.14. The maximum atomic E-state index is 5.30. The van der Waals surface area contributed by atoms with Crippen molar-refractivity contribution in [2.24, 2.45) is 0 Å². The van der Waals surface area contributed by atoms with Crippen molar-refractivity contribution in [3.8, 4) is 11.5 Å². The van der Waals surface area contributed by atoms with E-state index >= 15 is 0 Å². The Morgan fingerprint density at radius 3 is 2.83 bits per heavy atom. The third-order valence-electron chi connectivity index (χ3n) is 3.04. The molecule has 0 saturated carbocycles. The second kappa shape index (κ2) is 5.68. The fraction of sp³-hybridized carbons (Fsp3) is 0.500. The summed E-state index contributed by atoms with van der Waals surface area (Å²) in [6.07, 6.45) is 5.84.